The Morgan fingerprint density at radius 1 is 1.04 bits per heavy atom. The monoisotopic (exact) mass is 339 g/mol. The first-order chi connectivity index (χ1) is 12.2. The number of methoxy groups -OCH3 is 2. The summed E-state index contributed by atoms with van der Waals surface area (Å²) in [5, 5.41) is 0. The van der Waals surface area contributed by atoms with Crippen molar-refractivity contribution in [2.45, 2.75) is 38.0 Å². The molecule has 3 nitrogen and oxygen atoms in total. The van der Waals surface area contributed by atoms with Crippen LogP contribution in [0.3, 0.4) is 0 Å². The van der Waals surface area contributed by atoms with Gasteiger partial charge in [0.2, 0.25) is 0 Å². The van der Waals surface area contributed by atoms with Crippen molar-refractivity contribution in [3.63, 3.8) is 0 Å². The van der Waals surface area contributed by atoms with Crippen molar-refractivity contribution in [1.29, 1.82) is 0 Å². The molecule has 0 bridgehead atoms. The second kappa shape index (κ2) is 7.92. The molecule has 3 unspecified atom stereocenters. The van der Waals surface area contributed by atoms with E-state index in [2.05, 4.69) is 43.3 Å². The third-order valence-electron chi connectivity index (χ3n) is 5.65. The summed E-state index contributed by atoms with van der Waals surface area (Å²) in [6, 6.07) is 15.1. The van der Waals surface area contributed by atoms with Gasteiger partial charge in [-0.1, -0.05) is 49.7 Å². The zero-order chi connectivity index (χ0) is 17.8. The van der Waals surface area contributed by atoms with E-state index in [1.165, 1.54) is 29.5 Å². The Morgan fingerprint density at radius 2 is 1.80 bits per heavy atom. The number of hydrogen-bond acceptors (Lipinski definition) is 3. The van der Waals surface area contributed by atoms with Gasteiger partial charge in [-0.15, -0.1) is 0 Å². The highest BCUT2D eigenvalue weighted by atomic mass is 16.5. The van der Waals surface area contributed by atoms with Crippen LogP contribution in [0.4, 0.5) is 0 Å². The molecule has 0 saturated carbocycles. The van der Waals surface area contributed by atoms with E-state index in [1.54, 1.807) is 14.2 Å². The highest BCUT2D eigenvalue weighted by molar-refractivity contribution is 5.54. The van der Waals surface area contributed by atoms with Gasteiger partial charge in [-0.25, -0.2) is 0 Å². The molecule has 0 aliphatic heterocycles. The van der Waals surface area contributed by atoms with Gasteiger partial charge in [0.1, 0.15) is 0 Å². The zero-order valence-corrected chi connectivity index (χ0v) is 15.5. The quantitative estimate of drug-likeness (QED) is 0.842. The van der Waals surface area contributed by atoms with Crippen LogP contribution in [0.5, 0.6) is 11.5 Å². The van der Waals surface area contributed by atoms with Crippen molar-refractivity contribution in [3.05, 3.63) is 59.2 Å². The van der Waals surface area contributed by atoms with Crippen LogP contribution >= 0.6 is 0 Å². The highest BCUT2D eigenvalue weighted by Gasteiger charge is 2.38. The van der Waals surface area contributed by atoms with Crippen LogP contribution in [0, 0.1) is 5.92 Å². The molecular formula is C22H29NO2. The second-order valence-corrected chi connectivity index (χ2v) is 6.88. The maximum atomic E-state index is 6.27. The van der Waals surface area contributed by atoms with Crippen LogP contribution in [-0.2, 0) is 6.42 Å². The average molecular weight is 339 g/mol. The predicted octanol–water partition coefficient (Wildman–Crippen LogP) is 4.50. The molecule has 0 spiro atoms. The predicted molar refractivity (Wildman–Crippen MR) is 103 cm³/mol. The summed E-state index contributed by atoms with van der Waals surface area (Å²) in [7, 11) is 3.42. The molecule has 2 aromatic rings. The Balaban J connectivity index is 2.14. The molecule has 0 heterocycles. The van der Waals surface area contributed by atoms with E-state index < -0.39 is 0 Å². The molecule has 1 aliphatic rings. The summed E-state index contributed by atoms with van der Waals surface area (Å²) in [5.74, 6) is 3.05. The Bertz CT molecular complexity index is 699. The maximum absolute atomic E-state index is 6.27. The van der Waals surface area contributed by atoms with E-state index in [-0.39, 0.29) is 0 Å². The second-order valence-electron chi connectivity index (χ2n) is 6.88. The molecular weight excluding hydrogens is 310 g/mol. The first kappa shape index (κ1) is 17.8. The molecule has 0 amide bonds. The van der Waals surface area contributed by atoms with Crippen LogP contribution in [0.2, 0.25) is 0 Å². The standard InChI is InChI=1S/C22H29NO2/c1-4-8-16-18(15-9-6-5-7-10-15)13-19-17(20(16)14-23)11-12-21(24-2)22(19)25-3/h5-7,9-12,16,18,20H,4,8,13-14,23H2,1-3H3. The number of benzene rings is 2. The van der Waals surface area contributed by atoms with E-state index in [0.717, 1.165) is 17.9 Å². The zero-order valence-electron chi connectivity index (χ0n) is 15.5. The molecule has 0 radical (unpaired) electrons. The maximum Gasteiger partial charge on any atom is 0.164 e. The van der Waals surface area contributed by atoms with E-state index in [9.17, 15) is 0 Å². The first-order valence-electron chi connectivity index (χ1n) is 9.23. The van der Waals surface area contributed by atoms with E-state index in [4.69, 9.17) is 15.2 Å². The van der Waals surface area contributed by atoms with Crippen molar-refractivity contribution in [3.8, 4) is 11.5 Å². The minimum absolute atomic E-state index is 0.355. The molecule has 25 heavy (non-hydrogen) atoms. The number of ether oxygens (including phenoxy) is 2. The minimum Gasteiger partial charge on any atom is -0.493 e. The number of nitrogens with two attached hydrogens (primary N) is 1. The Morgan fingerprint density at radius 3 is 2.40 bits per heavy atom. The van der Waals surface area contributed by atoms with E-state index >= 15 is 0 Å². The molecule has 1 aliphatic carbocycles. The molecule has 2 N–H and O–H groups in total. The third-order valence-corrected chi connectivity index (χ3v) is 5.65. The van der Waals surface area contributed by atoms with Crippen LogP contribution in [-0.4, -0.2) is 20.8 Å². The fraction of sp³-hybridized carbons (Fsp3) is 0.455. The van der Waals surface area contributed by atoms with Crippen molar-refractivity contribution >= 4 is 0 Å². The van der Waals surface area contributed by atoms with Gasteiger partial charge in [-0.2, -0.15) is 0 Å². The fourth-order valence-corrected chi connectivity index (χ4v) is 4.55. The highest BCUT2D eigenvalue weighted by Crippen LogP contribution is 2.50. The molecule has 0 saturated heterocycles. The van der Waals surface area contributed by atoms with Gasteiger partial charge in [0, 0.05) is 5.56 Å². The van der Waals surface area contributed by atoms with Crippen molar-refractivity contribution in [1.82, 2.24) is 0 Å². The van der Waals surface area contributed by atoms with E-state index in [1.807, 2.05) is 6.07 Å². The van der Waals surface area contributed by atoms with Crippen molar-refractivity contribution in [2.75, 3.05) is 20.8 Å². The molecule has 0 aromatic heterocycles. The van der Waals surface area contributed by atoms with Crippen LogP contribution in [0.15, 0.2) is 42.5 Å². The fourth-order valence-electron chi connectivity index (χ4n) is 4.55. The topological polar surface area (TPSA) is 44.5 Å². The van der Waals surface area contributed by atoms with Gasteiger partial charge in [0.25, 0.3) is 0 Å². The normalized spacial score (nSPS) is 22.3. The third kappa shape index (κ3) is 3.25. The smallest absolute Gasteiger partial charge is 0.164 e. The number of hydrogen-bond donors (Lipinski definition) is 1. The van der Waals surface area contributed by atoms with Gasteiger partial charge >= 0.3 is 0 Å². The van der Waals surface area contributed by atoms with Gasteiger partial charge < -0.3 is 15.2 Å². The first-order valence-corrected chi connectivity index (χ1v) is 9.23. The Kier molecular flexibility index (Phi) is 5.64. The number of rotatable bonds is 6. The summed E-state index contributed by atoms with van der Waals surface area (Å²) >= 11 is 0. The molecule has 2 aromatic carbocycles. The van der Waals surface area contributed by atoms with Crippen LogP contribution in [0.25, 0.3) is 0 Å². The molecule has 3 heteroatoms. The van der Waals surface area contributed by atoms with Gasteiger partial charge in [0.15, 0.2) is 11.5 Å². The summed E-state index contributed by atoms with van der Waals surface area (Å²) in [4.78, 5) is 0. The average Bonchev–Trinajstić information content (AvgIpc) is 2.67. The summed E-state index contributed by atoms with van der Waals surface area (Å²) in [6.45, 7) is 2.93. The lowest BCUT2D eigenvalue weighted by Crippen LogP contribution is -2.33. The largest absolute Gasteiger partial charge is 0.493 e. The van der Waals surface area contributed by atoms with Crippen LogP contribution < -0.4 is 15.2 Å². The molecule has 3 rings (SSSR count). The lowest BCUT2D eigenvalue weighted by atomic mass is 9.65. The summed E-state index contributed by atoms with van der Waals surface area (Å²) < 4.78 is 11.3. The van der Waals surface area contributed by atoms with Crippen LogP contribution in [0.1, 0.15) is 48.3 Å². The Labute approximate surface area is 151 Å². The van der Waals surface area contributed by atoms with E-state index in [0.29, 0.717) is 24.3 Å². The molecule has 0 fully saturated rings. The lowest BCUT2D eigenvalue weighted by molar-refractivity contribution is 0.293. The van der Waals surface area contributed by atoms with Gasteiger partial charge in [-0.05, 0) is 54.3 Å². The SMILES string of the molecule is CCCC1C(c2ccccc2)Cc2c(ccc(OC)c2OC)C1CN. The van der Waals surface area contributed by atoms with Crippen molar-refractivity contribution in [2.24, 2.45) is 11.7 Å². The molecule has 3 atom stereocenters. The lowest BCUT2D eigenvalue weighted by Gasteiger charge is -2.40. The Hall–Kier alpha value is -2.00. The van der Waals surface area contributed by atoms with Gasteiger partial charge in [0.05, 0.1) is 14.2 Å². The van der Waals surface area contributed by atoms with Crippen molar-refractivity contribution < 1.29 is 9.47 Å². The summed E-state index contributed by atoms with van der Waals surface area (Å²) in [6.07, 6.45) is 3.34. The van der Waals surface area contributed by atoms with Gasteiger partial charge in [-0.3, -0.25) is 0 Å². The summed E-state index contributed by atoms with van der Waals surface area (Å²) in [5.41, 5.74) is 10.3. The number of fused-ring (bicyclic) bond motifs is 1. The minimum atomic E-state index is 0.355. The molecule has 134 valence electrons.